The molecule has 1 aliphatic rings. The highest BCUT2D eigenvalue weighted by atomic mass is 19.1. The zero-order chi connectivity index (χ0) is 23.5. The molecule has 0 aromatic heterocycles. The van der Waals surface area contributed by atoms with Crippen LogP contribution in [0, 0.1) is 19.7 Å². The van der Waals surface area contributed by atoms with Gasteiger partial charge in [0, 0.05) is 12.1 Å². The number of allylic oxidation sites excluding steroid dienone is 10. The van der Waals surface area contributed by atoms with Crippen LogP contribution in [0.2, 0.25) is 0 Å². The molecule has 0 saturated heterocycles. The van der Waals surface area contributed by atoms with Crippen molar-refractivity contribution in [3.63, 3.8) is 0 Å². The number of rotatable bonds is 7. The van der Waals surface area contributed by atoms with E-state index < -0.39 is 0 Å². The van der Waals surface area contributed by atoms with Crippen molar-refractivity contribution in [3.05, 3.63) is 107 Å². The minimum Gasteiger partial charge on any atom is -0.492 e. The number of carbonyl (C=O) groups excluding carboxylic acids is 1. The van der Waals surface area contributed by atoms with Crippen molar-refractivity contribution in [2.75, 3.05) is 20.2 Å². The second-order valence-electron chi connectivity index (χ2n) is 6.79. The average Bonchev–Trinajstić information content (AvgIpc) is 3.04. The number of hydrogen-bond donors (Lipinski definition) is 1. The third-order valence-corrected chi connectivity index (χ3v) is 4.21. The van der Waals surface area contributed by atoms with Crippen molar-refractivity contribution < 1.29 is 13.9 Å². The molecule has 4 heteroatoms. The van der Waals surface area contributed by atoms with Gasteiger partial charge in [0.15, 0.2) is 0 Å². The van der Waals surface area contributed by atoms with Crippen LogP contribution in [0.5, 0.6) is 0 Å². The van der Waals surface area contributed by atoms with Gasteiger partial charge in [0.05, 0.1) is 0 Å². The summed E-state index contributed by atoms with van der Waals surface area (Å²) in [7, 11) is 1.92. The van der Waals surface area contributed by atoms with Crippen molar-refractivity contribution in [2.24, 2.45) is 0 Å². The largest absolute Gasteiger partial charge is 0.492 e. The van der Waals surface area contributed by atoms with E-state index in [1.54, 1.807) is 25.1 Å². The summed E-state index contributed by atoms with van der Waals surface area (Å²) in [5.74, 6) is 0.828. The van der Waals surface area contributed by atoms with Gasteiger partial charge in [-0.05, 0) is 76.1 Å². The maximum absolute atomic E-state index is 12.6. The average molecular weight is 426 g/mol. The molecule has 0 saturated carbocycles. The number of carbonyl (C=O) groups is 1. The van der Waals surface area contributed by atoms with Gasteiger partial charge in [-0.2, -0.15) is 0 Å². The van der Waals surface area contributed by atoms with E-state index in [1.807, 2.05) is 58.2 Å². The first-order chi connectivity index (χ1) is 14.9. The number of aldehydes is 1. The first-order valence-corrected chi connectivity index (χ1v) is 10.3. The van der Waals surface area contributed by atoms with Gasteiger partial charge in [-0.1, -0.05) is 55.2 Å². The van der Waals surface area contributed by atoms with Crippen LogP contribution in [-0.2, 0) is 9.53 Å². The minimum atomic E-state index is -0.116. The fourth-order valence-electron chi connectivity index (χ4n) is 2.18. The molecule has 0 spiro atoms. The highest BCUT2D eigenvalue weighted by molar-refractivity contribution is 5.80. The highest BCUT2D eigenvalue weighted by Gasteiger charge is 1.94. The minimum absolute atomic E-state index is 0.116. The highest BCUT2D eigenvalue weighted by Crippen LogP contribution is 2.07. The fourth-order valence-corrected chi connectivity index (χ4v) is 2.18. The van der Waals surface area contributed by atoms with Crippen LogP contribution in [0.15, 0.2) is 90.3 Å². The second-order valence-corrected chi connectivity index (χ2v) is 6.79. The predicted octanol–water partition coefficient (Wildman–Crippen LogP) is 6.33. The maximum atomic E-state index is 12.6. The van der Waals surface area contributed by atoms with Crippen molar-refractivity contribution in [2.45, 2.75) is 34.1 Å². The lowest BCUT2D eigenvalue weighted by Gasteiger charge is -2.04. The van der Waals surface area contributed by atoms with E-state index in [0.717, 1.165) is 42.8 Å². The number of benzene rings is 1. The standard InChI is InChI=1S/C10H15NO.C9H12O.C8H9F/c1-11-8-9-12-10-6-4-2-3-5-7-10;1-4-6-9(7-10)8(3)5-2;1-6-3-4-7(2)8(9)5-6/h2,4-7,11H,3,8-9H2,1H3;4-7H,1H2,2-3H3;3-5H,1-2H3/b;8-5-,9-6-;. The van der Waals surface area contributed by atoms with E-state index in [0.29, 0.717) is 11.1 Å². The van der Waals surface area contributed by atoms with Crippen LogP contribution >= 0.6 is 0 Å². The van der Waals surface area contributed by atoms with Gasteiger partial charge in [0.2, 0.25) is 0 Å². The van der Waals surface area contributed by atoms with Gasteiger partial charge in [-0.15, -0.1) is 0 Å². The third-order valence-electron chi connectivity index (χ3n) is 4.21. The van der Waals surface area contributed by atoms with Crippen LogP contribution in [0.4, 0.5) is 4.39 Å². The van der Waals surface area contributed by atoms with E-state index in [9.17, 15) is 9.18 Å². The molecule has 0 radical (unpaired) electrons. The Hall–Kier alpha value is -2.98. The van der Waals surface area contributed by atoms with Crippen LogP contribution in [-0.4, -0.2) is 26.5 Å². The number of halogens is 1. The summed E-state index contributed by atoms with van der Waals surface area (Å²) in [4.78, 5) is 10.3. The van der Waals surface area contributed by atoms with Gasteiger partial charge >= 0.3 is 0 Å². The molecule has 1 aromatic rings. The van der Waals surface area contributed by atoms with E-state index in [4.69, 9.17) is 4.74 Å². The molecule has 1 N–H and O–H groups in total. The van der Waals surface area contributed by atoms with E-state index in [2.05, 4.69) is 24.0 Å². The van der Waals surface area contributed by atoms with Crippen LogP contribution in [0.25, 0.3) is 0 Å². The molecule has 0 atom stereocenters. The Balaban J connectivity index is 0.000000441. The van der Waals surface area contributed by atoms with Crippen molar-refractivity contribution in [1.29, 1.82) is 0 Å². The Bertz CT molecular complexity index is 830. The SMILES string of the molecule is C=C/C=C(C=O)\C(C)=C/C.CNCCOC1=CC=CCC=C1.Cc1ccc(C)c(F)c1. The molecule has 1 aliphatic carbocycles. The van der Waals surface area contributed by atoms with E-state index in [1.165, 1.54) is 6.07 Å². The summed E-state index contributed by atoms with van der Waals surface area (Å²) in [6, 6.07) is 5.22. The quantitative estimate of drug-likeness (QED) is 0.240. The zero-order valence-corrected chi connectivity index (χ0v) is 19.5. The van der Waals surface area contributed by atoms with E-state index >= 15 is 0 Å². The molecule has 0 fully saturated rings. The Morgan fingerprint density at radius 3 is 2.58 bits per heavy atom. The fraction of sp³-hybridized carbons (Fsp3) is 0.296. The molecular formula is C27H36FNO2. The first-order valence-electron chi connectivity index (χ1n) is 10.3. The van der Waals surface area contributed by atoms with Crippen molar-refractivity contribution >= 4 is 6.29 Å². The second kappa shape index (κ2) is 17.8. The lowest BCUT2D eigenvalue weighted by atomic mass is 10.1. The Kier molecular flexibility index (Phi) is 16.1. The molecule has 0 aliphatic heterocycles. The molecule has 1 aromatic carbocycles. The molecule has 3 nitrogen and oxygen atoms in total. The normalized spacial score (nSPS) is 13.0. The molecule has 2 rings (SSSR count). The lowest BCUT2D eigenvalue weighted by molar-refractivity contribution is -0.104. The molecular weight excluding hydrogens is 389 g/mol. The molecule has 0 unspecified atom stereocenters. The molecule has 168 valence electrons. The summed E-state index contributed by atoms with van der Waals surface area (Å²) in [5.41, 5.74) is 3.35. The number of aryl methyl sites for hydroxylation is 2. The molecule has 0 bridgehead atoms. The smallest absolute Gasteiger partial charge is 0.150 e. The van der Waals surface area contributed by atoms with Gasteiger partial charge < -0.3 is 10.1 Å². The van der Waals surface area contributed by atoms with Gasteiger partial charge in [-0.25, -0.2) is 4.39 Å². The Morgan fingerprint density at radius 1 is 1.29 bits per heavy atom. The monoisotopic (exact) mass is 425 g/mol. The zero-order valence-electron chi connectivity index (χ0n) is 19.5. The molecule has 0 amide bonds. The first kappa shape index (κ1) is 28.0. The summed E-state index contributed by atoms with van der Waals surface area (Å²) in [6.07, 6.45) is 17.2. The molecule has 31 heavy (non-hydrogen) atoms. The lowest BCUT2D eigenvalue weighted by Crippen LogP contribution is -2.13. The Labute approximate surface area is 187 Å². The summed E-state index contributed by atoms with van der Waals surface area (Å²) < 4.78 is 18.0. The van der Waals surface area contributed by atoms with E-state index in [-0.39, 0.29) is 5.82 Å². The summed E-state index contributed by atoms with van der Waals surface area (Å²) in [5, 5.41) is 3.03. The summed E-state index contributed by atoms with van der Waals surface area (Å²) >= 11 is 0. The predicted molar refractivity (Wildman–Crippen MR) is 131 cm³/mol. The number of ether oxygens (including phenoxy) is 1. The Morgan fingerprint density at radius 2 is 2.03 bits per heavy atom. The van der Waals surface area contributed by atoms with Gasteiger partial charge in [-0.3, -0.25) is 4.79 Å². The number of likely N-dealkylation sites (N-methyl/N-ethyl adjacent to an activating group) is 1. The van der Waals surface area contributed by atoms with Crippen molar-refractivity contribution in [1.82, 2.24) is 5.32 Å². The third kappa shape index (κ3) is 13.8. The van der Waals surface area contributed by atoms with Crippen molar-refractivity contribution in [3.8, 4) is 0 Å². The van der Waals surface area contributed by atoms with Crippen LogP contribution in [0.3, 0.4) is 0 Å². The number of hydrogen-bond acceptors (Lipinski definition) is 3. The van der Waals surface area contributed by atoms with Gasteiger partial charge in [0.1, 0.15) is 24.5 Å². The topological polar surface area (TPSA) is 38.3 Å². The van der Waals surface area contributed by atoms with Gasteiger partial charge in [0.25, 0.3) is 0 Å². The summed E-state index contributed by atoms with van der Waals surface area (Å²) in [6.45, 7) is 12.5. The number of nitrogens with one attached hydrogen (secondary N) is 1. The van der Waals surface area contributed by atoms with Crippen LogP contribution < -0.4 is 5.32 Å². The molecule has 0 heterocycles. The van der Waals surface area contributed by atoms with Crippen LogP contribution in [0.1, 0.15) is 31.4 Å². The maximum Gasteiger partial charge on any atom is 0.150 e.